The van der Waals surface area contributed by atoms with Gasteiger partial charge in [-0.25, -0.2) is 0 Å². The van der Waals surface area contributed by atoms with Gasteiger partial charge in [0.2, 0.25) is 0 Å². The Kier molecular flexibility index (Phi) is 30.5. The molecule has 0 spiro atoms. The molecule has 0 aliphatic heterocycles. The molecular formula is C114H92S24. The molecule has 24 heterocycles. The molecule has 0 nitrogen and oxygen atoms in total. The smallest absolute Gasteiger partial charge is 0.0481 e. The molecule has 0 saturated heterocycles. The standard InChI is InChI=1S/2C30H26S6.C28H22S6.C26H18S6/c1-5-19-7-9-23(31-19)27-15-17(3)29(35-27)25-13-11-21(33-25)22-12-14-26(34-22)30-18(4)16-28(36-30)24-10-8-20(6-2)32-24;1-5-19-7-9-21(31-19)23-11-13-25(33-23)27-15-17(3)29(35-27)30-18(4)16-28(36-30)26-14-12-24(34-26)22-10-8-20(6-2)32-22;1-3-17-5-7-19(29-17)21-9-11-23(31-21)25-13-15-27(33-25)28-16-14-26(34-28)24-12-10-22(32-24)20-8-6-18(4-2)30-20;1-15-13-23(17-5-3-11-27-17)31-25(15)21-9-7-19(29-21)20-8-10-22(30-20)26-16(2)14-24(32-26)18-6-4-12-28-18/h2*7-16H,5-6H2,1-4H3;5-16H,3-4H2,1-2H3;3-14H,1-2H3. The highest BCUT2D eigenvalue weighted by atomic mass is 32.2. The molecule has 24 heteroatoms. The highest BCUT2D eigenvalue weighted by molar-refractivity contribution is 7.35. The molecule has 0 aliphatic rings. The van der Waals surface area contributed by atoms with Crippen molar-refractivity contribution in [3.05, 3.63) is 328 Å². The van der Waals surface area contributed by atoms with E-state index in [4.69, 9.17) is 0 Å². The molecule has 0 saturated carbocycles. The fourth-order valence-corrected chi connectivity index (χ4v) is 42.6. The lowest BCUT2D eigenvalue weighted by Crippen LogP contribution is -1.72. The van der Waals surface area contributed by atoms with Crippen LogP contribution < -0.4 is 0 Å². The maximum absolute atomic E-state index is 2.38. The largest absolute Gasteiger partial charge is 0.143 e. The van der Waals surface area contributed by atoms with Crippen molar-refractivity contribution < 1.29 is 0 Å². The zero-order valence-electron chi connectivity index (χ0n) is 77.4. The molecule has 138 heavy (non-hydrogen) atoms. The summed E-state index contributed by atoms with van der Waals surface area (Å²) in [5.74, 6) is 0. The van der Waals surface area contributed by atoms with Gasteiger partial charge in [0.05, 0.1) is 0 Å². The summed E-state index contributed by atoms with van der Waals surface area (Å²) >= 11 is 45.8. The van der Waals surface area contributed by atoms with Crippen LogP contribution in [0.4, 0.5) is 0 Å². The SMILES string of the molecule is CCc1ccc(-c2cc(C)c(-c3ccc(-c4ccc(-c5sc(-c6ccc(CC)s6)cc5C)s4)s3)s2)s1.CCc1ccc(-c2ccc(-c3cc(C)c(-c4sc(-c5ccc(-c6ccc(CC)s6)s5)cc4C)s3)s2)s1.CCc1ccc(-c2ccc(-c3ccc(-c4ccc(-c5ccc(-c6ccc(CC)s6)s5)s4)s3)s2)s1.Cc1cc(-c2cccs2)sc1-c1ccc(-c2ccc(-c3sc(-c4cccs4)cc3C)s2)s1. The first-order valence-electron chi connectivity index (χ1n) is 45.7. The van der Waals surface area contributed by atoms with Gasteiger partial charge in [-0.1, -0.05) is 53.7 Å². The summed E-state index contributed by atoms with van der Waals surface area (Å²) in [6, 6.07) is 95.9. The first-order chi connectivity index (χ1) is 67.4. The van der Waals surface area contributed by atoms with Crippen LogP contribution in [0.1, 0.15) is 104 Å². The van der Waals surface area contributed by atoms with Gasteiger partial charge in [-0.15, -0.1) is 272 Å². The molecule has 0 atom stereocenters. The van der Waals surface area contributed by atoms with E-state index in [9.17, 15) is 0 Å². The Labute approximate surface area is 905 Å². The minimum atomic E-state index is 1.11. The Morgan fingerprint density at radius 2 is 0.268 bits per heavy atom. The van der Waals surface area contributed by atoms with Crippen molar-refractivity contribution in [1.82, 2.24) is 0 Å². The van der Waals surface area contributed by atoms with Crippen molar-refractivity contribution in [2.75, 3.05) is 0 Å². The topological polar surface area (TPSA) is 0 Å². The summed E-state index contributed by atoms with van der Waals surface area (Å²) in [4.78, 5) is 63.8. The molecule has 0 aromatic carbocycles. The summed E-state index contributed by atoms with van der Waals surface area (Å²) in [6.07, 6.45) is 6.66. The summed E-state index contributed by atoms with van der Waals surface area (Å²) in [5.41, 5.74) is 8.25. The predicted molar refractivity (Wildman–Crippen MR) is 648 cm³/mol. The van der Waals surface area contributed by atoms with Crippen LogP contribution in [0.5, 0.6) is 0 Å². The highest BCUT2D eigenvalue weighted by Gasteiger charge is 2.25. The van der Waals surface area contributed by atoms with Crippen molar-refractivity contribution >= 4 is 272 Å². The maximum Gasteiger partial charge on any atom is 0.0481 e. The average Bonchev–Trinajstić information content (AvgIpc) is 1.63. The van der Waals surface area contributed by atoms with Gasteiger partial charge >= 0.3 is 0 Å². The van der Waals surface area contributed by atoms with Crippen LogP contribution in [-0.4, -0.2) is 0 Å². The fourth-order valence-electron chi connectivity index (χ4n) is 16.1. The van der Waals surface area contributed by atoms with Crippen LogP contribution in [0.3, 0.4) is 0 Å². The van der Waals surface area contributed by atoms with E-state index >= 15 is 0 Å². The number of hydrogen-bond donors (Lipinski definition) is 0. The Balaban J connectivity index is 0.000000110. The normalized spacial score (nSPS) is 11.5. The third kappa shape index (κ3) is 21.2. The average molecular weight is 2230 g/mol. The van der Waals surface area contributed by atoms with E-state index < -0.39 is 0 Å². The van der Waals surface area contributed by atoms with Crippen molar-refractivity contribution in [2.24, 2.45) is 0 Å². The molecule has 0 N–H and O–H groups in total. The van der Waals surface area contributed by atoms with E-state index in [-0.39, 0.29) is 0 Å². The van der Waals surface area contributed by atoms with E-state index in [0.717, 1.165) is 38.5 Å². The van der Waals surface area contributed by atoms with E-state index in [2.05, 4.69) is 349 Å². The first kappa shape index (κ1) is 96.9. The Bertz CT molecular complexity index is 7730. The molecule has 24 aromatic rings. The van der Waals surface area contributed by atoms with Gasteiger partial charge in [0.15, 0.2) is 0 Å². The molecule has 0 aliphatic carbocycles. The number of rotatable bonds is 26. The van der Waals surface area contributed by atoms with Gasteiger partial charge in [-0.3, -0.25) is 0 Å². The van der Waals surface area contributed by atoms with Crippen LogP contribution in [0.25, 0.3) is 195 Å². The highest BCUT2D eigenvalue weighted by Crippen LogP contribution is 2.56. The van der Waals surface area contributed by atoms with Crippen molar-refractivity contribution in [1.29, 1.82) is 0 Å². The van der Waals surface area contributed by atoms with Gasteiger partial charge in [-0.05, 0) is 367 Å². The van der Waals surface area contributed by atoms with E-state index in [1.54, 1.807) is 0 Å². The molecule has 0 radical (unpaired) electrons. The number of hydrogen-bond acceptors (Lipinski definition) is 24. The van der Waals surface area contributed by atoms with Gasteiger partial charge in [-0.2, -0.15) is 0 Å². The molecule has 0 fully saturated rings. The second-order valence-corrected chi connectivity index (χ2v) is 59.1. The summed E-state index contributed by atoms with van der Waals surface area (Å²) < 4.78 is 0. The fraction of sp³-hybridized carbons (Fsp3) is 0.158. The molecule has 692 valence electrons. The lowest BCUT2D eigenvalue weighted by atomic mass is 10.2. The van der Waals surface area contributed by atoms with Crippen molar-refractivity contribution in [3.63, 3.8) is 0 Å². The number of thiophene rings is 24. The third-order valence-electron chi connectivity index (χ3n) is 23.4. The molecule has 24 rings (SSSR count). The van der Waals surface area contributed by atoms with Crippen molar-refractivity contribution in [3.8, 4) is 195 Å². The van der Waals surface area contributed by atoms with Crippen LogP contribution in [0.2, 0.25) is 0 Å². The van der Waals surface area contributed by atoms with Crippen LogP contribution >= 0.6 is 272 Å². The predicted octanol–water partition coefficient (Wildman–Crippen LogP) is 46.8. The molecular weight excluding hydrogens is 2140 g/mol. The Morgan fingerprint density at radius 3 is 0.442 bits per heavy atom. The van der Waals surface area contributed by atoms with Gasteiger partial charge < -0.3 is 0 Å². The summed E-state index contributed by atoms with van der Waals surface area (Å²) in [6.45, 7) is 26.9. The molecule has 0 amide bonds. The van der Waals surface area contributed by atoms with E-state index in [1.165, 1.54) is 258 Å². The monoisotopic (exact) mass is 2230 g/mol. The zero-order chi connectivity index (χ0) is 94.3. The lowest BCUT2D eigenvalue weighted by Gasteiger charge is -1.97. The second kappa shape index (κ2) is 43.4. The van der Waals surface area contributed by atoms with E-state index in [0.29, 0.717) is 0 Å². The Morgan fingerprint density at radius 1 is 0.130 bits per heavy atom. The minimum Gasteiger partial charge on any atom is -0.143 e. The second-order valence-electron chi connectivity index (χ2n) is 33.0. The minimum absolute atomic E-state index is 1.11. The van der Waals surface area contributed by atoms with Crippen molar-refractivity contribution in [2.45, 2.75) is 122 Å². The zero-order valence-corrected chi connectivity index (χ0v) is 97.0. The van der Waals surface area contributed by atoms with Crippen LogP contribution in [0.15, 0.2) is 266 Å². The first-order valence-corrected chi connectivity index (χ1v) is 65.4. The van der Waals surface area contributed by atoms with Crippen LogP contribution in [0, 0.1) is 41.5 Å². The van der Waals surface area contributed by atoms with Gasteiger partial charge in [0, 0.05) is 224 Å². The third-order valence-corrected chi connectivity index (χ3v) is 54.6. The lowest BCUT2D eigenvalue weighted by molar-refractivity contribution is 1.19. The maximum atomic E-state index is 2.38. The quantitative estimate of drug-likeness (QED) is 0.0507. The van der Waals surface area contributed by atoms with Crippen LogP contribution in [-0.2, 0) is 38.5 Å². The van der Waals surface area contributed by atoms with Gasteiger partial charge in [0.25, 0.3) is 0 Å². The molecule has 0 unspecified atom stereocenters. The number of aryl methyl sites for hydroxylation is 12. The van der Waals surface area contributed by atoms with Gasteiger partial charge in [0.1, 0.15) is 0 Å². The summed E-state index contributed by atoms with van der Waals surface area (Å²) in [5, 5.41) is 4.31. The Hall–Kier alpha value is -7.20. The van der Waals surface area contributed by atoms with E-state index in [1.807, 2.05) is 272 Å². The molecule has 0 bridgehead atoms. The molecule has 24 aromatic heterocycles. The summed E-state index contributed by atoms with van der Waals surface area (Å²) in [7, 11) is 0.